The average molecular weight is 461 g/mol. The van der Waals surface area contributed by atoms with Gasteiger partial charge in [0, 0.05) is 29.2 Å². The smallest absolute Gasteiger partial charge is 0.270 e. The van der Waals surface area contributed by atoms with Crippen LogP contribution in [0.15, 0.2) is 53.0 Å². The number of likely N-dealkylation sites (tertiary alicyclic amines) is 1. The van der Waals surface area contributed by atoms with Crippen molar-refractivity contribution in [1.29, 1.82) is 0 Å². The molecule has 1 amide bonds. The molecule has 0 radical (unpaired) electrons. The molecular weight excluding hydrogens is 436 g/mol. The first-order chi connectivity index (χ1) is 14.0. The van der Waals surface area contributed by atoms with Gasteiger partial charge in [0.15, 0.2) is 0 Å². The summed E-state index contributed by atoms with van der Waals surface area (Å²) in [6, 6.07) is 13.8. The van der Waals surface area contributed by atoms with E-state index in [9.17, 15) is 14.9 Å². The Bertz CT molecular complexity index is 862. The van der Waals surface area contributed by atoms with E-state index in [4.69, 9.17) is 0 Å². The van der Waals surface area contributed by atoms with Gasteiger partial charge in [0.25, 0.3) is 5.69 Å². The highest BCUT2D eigenvalue weighted by atomic mass is 79.9. The van der Waals surface area contributed by atoms with Crippen molar-refractivity contribution in [2.75, 3.05) is 25.0 Å². The molecule has 29 heavy (non-hydrogen) atoms. The highest BCUT2D eigenvalue weighted by Crippen LogP contribution is 2.28. The zero-order chi connectivity index (χ0) is 20.8. The molecule has 2 atom stereocenters. The van der Waals surface area contributed by atoms with Gasteiger partial charge in [0.05, 0.1) is 10.6 Å². The van der Waals surface area contributed by atoms with Crippen LogP contribution in [0.2, 0.25) is 0 Å². The Labute approximate surface area is 178 Å². The first-order valence-corrected chi connectivity index (χ1v) is 10.6. The highest BCUT2D eigenvalue weighted by Gasteiger charge is 2.27. The number of carbonyl (C=O) groups is 1. The van der Waals surface area contributed by atoms with E-state index in [1.807, 2.05) is 30.3 Å². The molecule has 8 heteroatoms. The lowest BCUT2D eigenvalue weighted by Gasteiger charge is -2.26. The van der Waals surface area contributed by atoms with Crippen LogP contribution in [0.25, 0.3) is 0 Å². The minimum absolute atomic E-state index is 0.0338. The number of nitro benzene ring substituents is 1. The second-order valence-corrected chi connectivity index (χ2v) is 7.94. The summed E-state index contributed by atoms with van der Waals surface area (Å²) >= 11 is 3.31. The molecule has 2 unspecified atom stereocenters. The number of nitro groups is 1. The Kier molecular flexibility index (Phi) is 7.35. The number of benzene rings is 2. The van der Waals surface area contributed by atoms with Crippen LogP contribution in [0.3, 0.4) is 0 Å². The van der Waals surface area contributed by atoms with Crippen LogP contribution in [-0.2, 0) is 4.79 Å². The van der Waals surface area contributed by atoms with Gasteiger partial charge >= 0.3 is 0 Å². The summed E-state index contributed by atoms with van der Waals surface area (Å²) in [4.78, 5) is 26.0. The molecule has 0 spiro atoms. The van der Waals surface area contributed by atoms with E-state index in [1.54, 1.807) is 0 Å². The number of amides is 1. The van der Waals surface area contributed by atoms with Crippen LogP contribution in [0, 0.1) is 10.1 Å². The lowest BCUT2D eigenvalue weighted by molar-refractivity contribution is -0.384. The summed E-state index contributed by atoms with van der Waals surface area (Å²) in [7, 11) is 0. The van der Waals surface area contributed by atoms with Crippen molar-refractivity contribution in [3.63, 3.8) is 0 Å². The van der Waals surface area contributed by atoms with E-state index in [0.29, 0.717) is 16.2 Å². The quantitative estimate of drug-likeness (QED) is 0.457. The van der Waals surface area contributed by atoms with Crippen LogP contribution in [-0.4, -0.2) is 41.4 Å². The molecule has 1 aliphatic rings. The maximum atomic E-state index is 13.1. The summed E-state index contributed by atoms with van der Waals surface area (Å²) in [5.41, 5.74) is 1.34. The van der Waals surface area contributed by atoms with Gasteiger partial charge in [-0.3, -0.25) is 19.8 Å². The number of non-ortho nitro benzene ring substituents is 1. The van der Waals surface area contributed by atoms with Crippen LogP contribution < -0.4 is 10.6 Å². The topological polar surface area (TPSA) is 87.5 Å². The monoisotopic (exact) mass is 460 g/mol. The predicted molar refractivity (Wildman–Crippen MR) is 117 cm³/mol. The van der Waals surface area contributed by atoms with Gasteiger partial charge in [-0.25, -0.2) is 0 Å². The maximum Gasteiger partial charge on any atom is 0.270 e. The van der Waals surface area contributed by atoms with Crippen molar-refractivity contribution < 1.29 is 9.72 Å². The molecule has 1 saturated heterocycles. The molecule has 3 rings (SSSR count). The Morgan fingerprint density at radius 2 is 2.07 bits per heavy atom. The van der Waals surface area contributed by atoms with Crippen LogP contribution >= 0.6 is 15.9 Å². The fourth-order valence-electron chi connectivity index (χ4n) is 3.73. The van der Waals surface area contributed by atoms with Crippen LogP contribution in [0.4, 0.5) is 11.4 Å². The van der Waals surface area contributed by atoms with Gasteiger partial charge in [-0.15, -0.1) is 0 Å². The van der Waals surface area contributed by atoms with E-state index in [2.05, 4.69) is 38.4 Å². The summed E-state index contributed by atoms with van der Waals surface area (Å²) < 4.78 is 0.472. The molecule has 1 fully saturated rings. The van der Waals surface area contributed by atoms with Gasteiger partial charge < -0.3 is 10.6 Å². The summed E-state index contributed by atoms with van der Waals surface area (Å²) in [5.74, 6) is -0.202. The lowest BCUT2D eigenvalue weighted by Crippen LogP contribution is -2.42. The van der Waals surface area contributed by atoms with Crippen molar-refractivity contribution in [2.45, 2.75) is 31.8 Å². The molecule has 1 aliphatic heterocycles. The van der Waals surface area contributed by atoms with Crippen LogP contribution in [0.5, 0.6) is 0 Å². The van der Waals surface area contributed by atoms with E-state index in [-0.39, 0.29) is 11.6 Å². The summed E-state index contributed by atoms with van der Waals surface area (Å²) in [6.45, 7) is 4.99. The molecule has 1 heterocycles. The number of hydrogen-bond donors (Lipinski definition) is 2. The number of nitrogens with zero attached hydrogens (tertiary/aromatic N) is 2. The fraction of sp³-hybridized carbons (Fsp3) is 0.381. The first kappa shape index (κ1) is 21.4. The van der Waals surface area contributed by atoms with Crippen LogP contribution in [0.1, 0.15) is 31.4 Å². The standard InChI is InChI=1S/C21H25BrN4O3/c1-2-25-12-6-9-17(25)14-23-20(15-7-4-3-5-8-15)21(27)24-19-11-10-16(26(28)29)13-18(19)22/h3-5,7-8,10-11,13,17,20,23H,2,6,9,12,14H2,1H3,(H,24,27). The minimum atomic E-state index is -0.516. The number of carbonyl (C=O) groups excluding carboxylic acids is 1. The lowest BCUT2D eigenvalue weighted by atomic mass is 10.1. The second-order valence-electron chi connectivity index (χ2n) is 7.09. The molecule has 0 saturated carbocycles. The molecule has 2 N–H and O–H groups in total. The number of nitrogens with one attached hydrogen (secondary N) is 2. The number of anilines is 1. The minimum Gasteiger partial charge on any atom is -0.323 e. The molecular formula is C21H25BrN4O3. The van der Waals surface area contributed by atoms with Gasteiger partial charge in [0.2, 0.25) is 5.91 Å². The van der Waals surface area contributed by atoms with Crippen molar-refractivity contribution in [3.8, 4) is 0 Å². The Morgan fingerprint density at radius 3 is 2.72 bits per heavy atom. The molecule has 7 nitrogen and oxygen atoms in total. The third-order valence-electron chi connectivity index (χ3n) is 5.28. The predicted octanol–water partition coefficient (Wildman–Crippen LogP) is 4.11. The number of likely N-dealkylation sites (N-methyl/N-ethyl adjacent to an activating group) is 1. The van der Waals surface area contributed by atoms with Gasteiger partial charge in [-0.2, -0.15) is 0 Å². The van der Waals surface area contributed by atoms with Crippen molar-refractivity contribution >= 4 is 33.2 Å². The molecule has 2 aromatic carbocycles. The Hall–Kier alpha value is -2.29. The third-order valence-corrected chi connectivity index (χ3v) is 5.94. The zero-order valence-electron chi connectivity index (χ0n) is 16.3. The molecule has 154 valence electrons. The molecule has 0 aliphatic carbocycles. The van der Waals surface area contributed by atoms with E-state index >= 15 is 0 Å². The fourth-order valence-corrected chi connectivity index (χ4v) is 4.19. The SMILES string of the molecule is CCN1CCCC1CNC(C(=O)Nc1ccc([N+](=O)[O-])cc1Br)c1ccccc1. The van der Waals surface area contributed by atoms with Gasteiger partial charge in [-0.05, 0) is 53.5 Å². The van der Waals surface area contributed by atoms with Crippen molar-refractivity contribution in [2.24, 2.45) is 0 Å². The Balaban J connectivity index is 1.75. The third kappa shape index (κ3) is 5.41. The van der Waals surface area contributed by atoms with Crippen molar-refractivity contribution in [3.05, 3.63) is 68.7 Å². The van der Waals surface area contributed by atoms with E-state index in [0.717, 1.165) is 31.6 Å². The molecule has 0 aromatic heterocycles. The first-order valence-electron chi connectivity index (χ1n) is 9.76. The molecule has 0 bridgehead atoms. The number of hydrogen-bond acceptors (Lipinski definition) is 5. The summed E-state index contributed by atoms with van der Waals surface area (Å²) in [6.07, 6.45) is 2.30. The van der Waals surface area contributed by atoms with Crippen molar-refractivity contribution in [1.82, 2.24) is 10.2 Å². The van der Waals surface area contributed by atoms with E-state index in [1.165, 1.54) is 24.6 Å². The number of halogens is 1. The average Bonchev–Trinajstić information content (AvgIpc) is 3.18. The Morgan fingerprint density at radius 1 is 1.31 bits per heavy atom. The van der Waals surface area contributed by atoms with Gasteiger partial charge in [0.1, 0.15) is 6.04 Å². The molecule has 2 aromatic rings. The van der Waals surface area contributed by atoms with Gasteiger partial charge in [-0.1, -0.05) is 37.3 Å². The van der Waals surface area contributed by atoms with E-state index < -0.39 is 11.0 Å². The second kappa shape index (κ2) is 9.96. The zero-order valence-corrected chi connectivity index (χ0v) is 17.9. The largest absolute Gasteiger partial charge is 0.323 e. The highest BCUT2D eigenvalue weighted by molar-refractivity contribution is 9.10. The summed E-state index contributed by atoms with van der Waals surface area (Å²) in [5, 5.41) is 17.3. The maximum absolute atomic E-state index is 13.1. The normalized spacial score (nSPS) is 17.8. The number of rotatable bonds is 8.